The maximum Gasteiger partial charge on any atom is 0.330 e. The van der Waals surface area contributed by atoms with E-state index in [1.807, 2.05) is 6.07 Å². The van der Waals surface area contributed by atoms with Gasteiger partial charge in [-0.15, -0.1) is 0 Å². The Balaban J connectivity index is 2.94. The summed E-state index contributed by atoms with van der Waals surface area (Å²) in [6.07, 6.45) is 0. The summed E-state index contributed by atoms with van der Waals surface area (Å²) in [6, 6.07) is 5.64. The molecule has 0 radical (unpaired) electrons. The van der Waals surface area contributed by atoms with Crippen LogP contribution in [0, 0.1) is 11.3 Å². The molecule has 90 valence electrons. The normalized spacial score (nSPS) is 11.4. The molecule has 2 N–H and O–H groups in total. The van der Waals surface area contributed by atoms with E-state index < -0.39 is 18.6 Å². The van der Waals surface area contributed by atoms with E-state index in [-0.39, 0.29) is 0 Å². The maximum atomic E-state index is 11.3. The number of esters is 1. The second-order valence-electron chi connectivity index (χ2n) is 3.20. The molecule has 1 unspecified atom stereocenters. The van der Waals surface area contributed by atoms with E-state index in [4.69, 9.17) is 22.0 Å². The monoisotopic (exact) mass is 254 g/mol. The van der Waals surface area contributed by atoms with Crippen molar-refractivity contribution in [2.75, 3.05) is 19.0 Å². The SMILES string of the molecule is COC(=O)C(CO)Nc1ccc(Cl)cc1C#N. The molecule has 0 aliphatic heterocycles. The first-order chi connectivity index (χ1) is 8.12. The van der Waals surface area contributed by atoms with E-state index >= 15 is 0 Å². The minimum atomic E-state index is -0.909. The van der Waals surface area contributed by atoms with Crippen molar-refractivity contribution in [2.24, 2.45) is 0 Å². The second kappa shape index (κ2) is 6.09. The third kappa shape index (κ3) is 3.34. The number of nitriles is 1. The molecule has 1 atom stereocenters. The third-order valence-electron chi connectivity index (χ3n) is 2.10. The van der Waals surface area contributed by atoms with Crippen LogP contribution in [-0.4, -0.2) is 30.8 Å². The molecule has 6 heteroatoms. The summed E-state index contributed by atoms with van der Waals surface area (Å²) in [4.78, 5) is 11.3. The fourth-order valence-electron chi connectivity index (χ4n) is 1.24. The predicted molar refractivity (Wildman–Crippen MR) is 62.7 cm³/mol. The average Bonchev–Trinajstić information content (AvgIpc) is 2.36. The molecule has 17 heavy (non-hydrogen) atoms. The zero-order valence-electron chi connectivity index (χ0n) is 9.11. The van der Waals surface area contributed by atoms with Crippen LogP contribution in [-0.2, 0) is 9.53 Å². The van der Waals surface area contributed by atoms with Crippen LogP contribution in [0.2, 0.25) is 5.02 Å². The lowest BCUT2D eigenvalue weighted by Crippen LogP contribution is -2.34. The highest BCUT2D eigenvalue weighted by Gasteiger charge is 2.18. The molecule has 0 heterocycles. The maximum absolute atomic E-state index is 11.3. The van der Waals surface area contributed by atoms with E-state index in [1.165, 1.54) is 13.2 Å². The zero-order chi connectivity index (χ0) is 12.8. The number of rotatable bonds is 4. The Labute approximate surface area is 104 Å². The van der Waals surface area contributed by atoms with Crippen LogP contribution in [0.5, 0.6) is 0 Å². The van der Waals surface area contributed by atoms with E-state index in [2.05, 4.69) is 10.1 Å². The van der Waals surface area contributed by atoms with E-state index in [9.17, 15) is 4.79 Å². The number of anilines is 1. The fourth-order valence-corrected chi connectivity index (χ4v) is 1.42. The van der Waals surface area contributed by atoms with Crippen molar-refractivity contribution in [1.29, 1.82) is 5.26 Å². The highest BCUT2D eigenvalue weighted by Crippen LogP contribution is 2.20. The molecular weight excluding hydrogens is 244 g/mol. The Morgan fingerprint density at radius 2 is 2.41 bits per heavy atom. The molecule has 0 saturated carbocycles. The number of aliphatic hydroxyl groups is 1. The first-order valence-corrected chi connectivity index (χ1v) is 5.15. The summed E-state index contributed by atoms with van der Waals surface area (Å²) in [7, 11) is 1.22. The Hall–Kier alpha value is -1.77. The number of nitrogens with one attached hydrogen (secondary N) is 1. The molecule has 0 amide bonds. The van der Waals surface area contributed by atoms with Gasteiger partial charge in [0, 0.05) is 5.02 Å². The minimum absolute atomic E-state index is 0.292. The van der Waals surface area contributed by atoms with Crippen LogP contribution in [0.15, 0.2) is 18.2 Å². The minimum Gasteiger partial charge on any atom is -0.467 e. The van der Waals surface area contributed by atoms with Crippen LogP contribution in [0.1, 0.15) is 5.56 Å². The topological polar surface area (TPSA) is 82.3 Å². The van der Waals surface area contributed by atoms with E-state index in [0.29, 0.717) is 16.3 Å². The van der Waals surface area contributed by atoms with Gasteiger partial charge < -0.3 is 15.2 Å². The van der Waals surface area contributed by atoms with Gasteiger partial charge in [0.15, 0.2) is 0 Å². The van der Waals surface area contributed by atoms with Gasteiger partial charge in [-0.05, 0) is 18.2 Å². The van der Waals surface area contributed by atoms with Crippen molar-refractivity contribution < 1.29 is 14.6 Å². The molecule has 0 fully saturated rings. The van der Waals surface area contributed by atoms with Gasteiger partial charge >= 0.3 is 5.97 Å². The van der Waals surface area contributed by atoms with Gasteiger partial charge in [0.25, 0.3) is 0 Å². The van der Waals surface area contributed by atoms with Crippen LogP contribution < -0.4 is 5.32 Å². The van der Waals surface area contributed by atoms with Gasteiger partial charge in [-0.2, -0.15) is 5.26 Å². The van der Waals surface area contributed by atoms with Crippen molar-refractivity contribution in [3.63, 3.8) is 0 Å². The van der Waals surface area contributed by atoms with Crippen molar-refractivity contribution in [1.82, 2.24) is 0 Å². The largest absolute Gasteiger partial charge is 0.467 e. The molecule has 0 aliphatic carbocycles. The first-order valence-electron chi connectivity index (χ1n) is 4.77. The lowest BCUT2D eigenvalue weighted by Gasteiger charge is -2.16. The van der Waals surface area contributed by atoms with Crippen molar-refractivity contribution in [3.05, 3.63) is 28.8 Å². The molecule has 1 aromatic carbocycles. The number of hydrogen-bond acceptors (Lipinski definition) is 5. The van der Waals surface area contributed by atoms with Crippen molar-refractivity contribution in [3.8, 4) is 6.07 Å². The summed E-state index contributed by atoms with van der Waals surface area (Å²) < 4.78 is 4.50. The standard InChI is InChI=1S/C11H11ClN2O3/c1-17-11(16)10(6-15)14-9-3-2-8(12)4-7(9)5-13/h2-4,10,14-15H,6H2,1H3. The number of ether oxygens (including phenoxy) is 1. The van der Waals surface area contributed by atoms with Gasteiger partial charge in [-0.25, -0.2) is 4.79 Å². The van der Waals surface area contributed by atoms with Crippen LogP contribution >= 0.6 is 11.6 Å². The molecule has 1 aromatic rings. The number of halogens is 1. The Kier molecular flexibility index (Phi) is 4.76. The number of carbonyl (C=O) groups is 1. The highest BCUT2D eigenvalue weighted by atomic mass is 35.5. The number of nitrogens with zero attached hydrogens (tertiary/aromatic N) is 1. The van der Waals surface area contributed by atoms with Gasteiger partial charge in [-0.1, -0.05) is 11.6 Å². The zero-order valence-corrected chi connectivity index (χ0v) is 9.86. The first kappa shape index (κ1) is 13.3. The Morgan fingerprint density at radius 3 is 2.94 bits per heavy atom. The summed E-state index contributed by atoms with van der Waals surface area (Å²) in [5.74, 6) is -0.605. The third-order valence-corrected chi connectivity index (χ3v) is 2.34. The van der Waals surface area contributed by atoms with Gasteiger partial charge in [0.05, 0.1) is 25.0 Å². The number of benzene rings is 1. The molecule has 1 rings (SSSR count). The van der Waals surface area contributed by atoms with Crippen LogP contribution in [0.4, 0.5) is 5.69 Å². The molecule has 0 spiro atoms. The smallest absolute Gasteiger partial charge is 0.330 e. The lowest BCUT2D eigenvalue weighted by atomic mass is 10.1. The van der Waals surface area contributed by atoms with Gasteiger partial charge in [0.2, 0.25) is 0 Å². The molecule has 0 aromatic heterocycles. The molecule has 5 nitrogen and oxygen atoms in total. The van der Waals surface area contributed by atoms with Crippen molar-refractivity contribution >= 4 is 23.3 Å². The fraction of sp³-hybridized carbons (Fsp3) is 0.273. The number of hydrogen-bond donors (Lipinski definition) is 2. The summed E-state index contributed by atoms with van der Waals surface area (Å²) in [6.45, 7) is -0.430. The summed E-state index contributed by atoms with van der Waals surface area (Å²) in [5, 5.41) is 21.1. The Bertz CT molecular complexity index is 457. The van der Waals surface area contributed by atoms with Gasteiger partial charge in [-0.3, -0.25) is 0 Å². The lowest BCUT2D eigenvalue weighted by molar-refractivity contribution is -0.142. The highest BCUT2D eigenvalue weighted by molar-refractivity contribution is 6.30. The Morgan fingerprint density at radius 1 is 1.71 bits per heavy atom. The predicted octanol–water partition coefficient (Wildman–Crippen LogP) is 1.16. The number of carbonyl (C=O) groups excluding carboxylic acids is 1. The van der Waals surface area contributed by atoms with Crippen molar-refractivity contribution in [2.45, 2.75) is 6.04 Å². The van der Waals surface area contributed by atoms with E-state index in [0.717, 1.165) is 0 Å². The average molecular weight is 255 g/mol. The quantitative estimate of drug-likeness (QED) is 0.788. The number of aliphatic hydroxyl groups excluding tert-OH is 1. The molecular formula is C11H11ClN2O3. The summed E-state index contributed by atoms with van der Waals surface area (Å²) >= 11 is 5.74. The number of methoxy groups -OCH3 is 1. The summed E-state index contributed by atoms with van der Waals surface area (Å²) in [5.41, 5.74) is 0.709. The second-order valence-corrected chi connectivity index (χ2v) is 3.64. The molecule has 0 bridgehead atoms. The molecule has 0 aliphatic rings. The van der Waals surface area contributed by atoms with Crippen LogP contribution in [0.25, 0.3) is 0 Å². The van der Waals surface area contributed by atoms with Crippen LogP contribution in [0.3, 0.4) is 0 Å². The molecule has 0 saturated heterocycles. The van der Waals surface area contributed by atoms with E-state index in [1.54, 1.807) is 12.1 Å². The van der Waals surface area contributed by atoms with Gasteiger partial charge in [0.1, 0.15) is 12.1 Å².